The van der Waals surface area contributed by atoms with Gasteiger partial charge in [0.15, 0.2) is 0 Å². The second-order valence-electron chi connectivity index (χ2n) is 4.37. The lowest BCUT2D eigenvalue weighted by atomic mass is 10.2. The molecule has 1 N–H and O–H groups in total. The van der Waals surface area contributed by atoms with E-state index in [-0.39, 0.29) is 5.69 Å². The summed E-state index contributed by atoms with van der Waals surface area (Å²) in [6.45, 7) is 0.651. The summed E-state index contributed by atoms with van der Waals surface area (Å²) in [6.07, 6.45) is 1.55. The van der Waals surface area contributed by atoms with E-state index in [4.69, 9.17) is 9.84 Å². The van der Waals surface area contributed by atoms with Crippen molar-refractivity contribution in [3.05, 3.63) is 53.9 Å². The topological polar surface area (TPSA) is 62.7 Å². The first-order valence-electron chi connectivity index (χ1n) is 6.14. The van der Waals surface area contributed by atoms with E-state index in [1.54, 1.807) is 19.4 Å². The molecule has 0 spiro atoms. The van der Waals surface area contributed by atoms with Crippen LogP contribution in [0.1, 0.15) is 16.1 Å². The minimum absolute atomic E-state index is 0.0411. The first-order valence-corrected chi connectivity index (χ1v) is 6.14. The molecule has 0 atom stereocenters. The Morgan fingerprint density at radius 1 is 1.30 bits per heavy atom. The molecule has 2 rings (SSSR count). The molecule has 5 nitrogen and oxygen atoms in total. The zero-order valence-electron chi connectivity index (χ0n) is 11.4. The van der Waals surface area contributed by atoms with Gasteiger partial charge in [0.05, 0.1) is 19.0 Å². The summed E-state index contributed by atoms with van der Waals surface area (Å²) >= 11 is 0. The smallest absolute Gasteiger partial charge is 0.354 e. The predicted molar refractivity (Wildman–Crippen MR) is 76.3 cm³/mol. The molecule has 0 unspecified atom stereocenters. The molecule has 0 aliphatic rings. The lowest BCUT2D eigenvalue weighted by molar-refractivity contribution is 0.0690. The highest BCUT2D eigenvalue weighted by molar-refractivity contribution is 5.85. The van der Waals surface area contributed by atoms with Crippen LogP contribution in [0.3, 0.4) is 0 Å². The normalized spacial score (nSPS) is 10.1. The highest BCUT2D eigenvalue weighted by Crippen LogP contribution is 2.21. The second kappa shape index (κ2) is 6.06. The third-order valence-corrected chi connectivity index (χ3v) is 3.01. The predicted octanol–water partition coefficient (Wildman–Crippen LogP) is 2.42. The van der Waals surface area contributed by atoms with E-state index >= 15 is 0 Å². The fourth-order valence-electron chi connectivity index (χ4n) is 1.92. The molecule has 0 bridgehead atoms. The maximum Gasteiger partial charge on any atom is 0.354 e. The molecule has 1 aromatic heterocycles. The minimum atomic E-state index is -1.02. The number of carboxylic acid groups (broad SMARTS) is 1. The molecule has 0 saturated carbocycles. The number of anilines is 1. The summed E-state index contributed by atoms with van der Waals surface area (Å²) in [4.78, 5) is 16.7. The van der Waals surface area contributed by atoms with Crippen LogP contribution in [0, 0.1) is 0 Å². The van der Waals surface area contributed by atoms with Crippen LogP contribution >= 0.6 is 0 Å². The third kappa shape index (κ3) is 3.06. The Morgan fingerprint density at radius 2 is 2.05 bits per heavy atom. The van der Waals surface area contributed by atoms with Crippen molar-refractivity contribution in [2.75, 3.05) is 19.1 Å². The van der Waals surface area contributed by atoms with Crippen molar-refractivity contribution in [1.82, 2.24) is 4.98 Å². The molecule has 2 aromatic rings. The van der Waals surface area contributed by atoms with Gasteiger partial charge in [0.1, 0.15) is 11.4 Å². The number of hydrogen-bond donors (Lipinski definition) is 1. The molecule has 104 valence electrons. The van der Waals surface area contributed by atoms with Gasteiger partial charge >= 0.3 is 5.97 Å². The quantitative estimate of drug-likeness (QED) is 0.905. The molecular weight excluding hydrogens is 256 g/mol. The Hall–Kier alpha value is -2.56. The number of carboxylic acids is 1. The van der Waals surface area contributed by atoms with E-state index in [1.807, 2.05) is 36.2 Å². The third-order valence-electron chi connectivity index (χ3n) is 3.01. The molecule has 5 heteroatoms. The van der Waals surface area contributed by atoms with E-state index in [1.165, 1.54) is 6.07 Å². The van der Waals surface area contributed by atoms with Crippen molar-refractivity contribution in [2.24, 2.45) is 0 Å². The van der Waals surface area contributed by atoms with E-state index in [0.717, 1.165) is 17.0 Å². The first kappa shape index (κ1) is 13.9. The lowest BCUT2D eigenvalue weighted by Crippen LogP contribution is -2.17. The van der Waals surface area contributed by atoms with Crippen LogP contribution in [0.2, 0.25) is 0 Å². The minimum Gasteiger partial charge on any atom is -0.496 e. The average molecular weight is 272 g/mol. The number of pyridine rings is 1. The number of para-hydroxylation sites is 1. The number of ether oxygens (including phenoxy) is 1. The number of carbonyl (C=O) groups is 1. The number of aromatic carboxylic acids is 1. The molecule has 0 radical (unpaired) electrons. The number of methoxy groups -OCH3 is 1. The summed E-state index contributed by atoms with van der Waals surface area (Å²) in [5.41, 5.74) is 1.94. The van der Waals surface area contributed by atoms with Crippen molar-refractivity contribution < 1.29 is 14.6 Å². The Morgan fingerprint density at radius 3 is 2.65 bits per heavy atom. The van der Waals surface area contributed by atoms with E-state index in [2.05, 4.69) is 4.98 Å². The highest BCUT2D eigenvalue weighted by atomic mass is 16.5. The van der Waals surface area contributed by atoms with E-state index in [9.17, 15) is 4.79 Å². The van der Waals surface area contributed by atoms with Crippen LogP contribution < -0.4 is 9.64 Å². The van der Waals surface area contributed by atoms with Gasteiger partial charge in [-0.3, -0.25) is 0 Å². The molecule has 1 aromatic carbocycles. The van der Waals surface area contributed by atoms with Crippen molar-refractivity contribution in [1.29, 1.82) is 0 Å². The van der Waals surface area contributed by atoms with Gasteiger partial charge in [-0.25, -0.2) is 9.78 Å². The van der Waals surface area contributed by atoms with Crippen LogP contribution in [0.25, 0.3) is 0 Å². The zero-order valence-corrected chi connectivity index (χ0v) is 11.4. The van der Waals surface area contributed by atoms with Gasteiger partial charge in [0.25, 0.3) is 0 Å². The summed E-state index contributed by atoms with van der Waals surface area (Å²) in [7, 11) is 3.56. The van der Waals surface area contributed by atoms with Gasteiger partial charge < -0.3 is 14.7 Å². The number of rotatable bonds is 5. The summed E-state index contributed by atoms with van der Waals surface area (Å²) in [6, 6.07) is 11.0. The van der Waals surface area contributed by atoms with Gasteiger partial charge in [0, 0.05) is 19.2 Å². The maximum absolute atomic E-state index is 10.8. The second-order valence-corrected chi connectivity index (χ2v) is 4.37. The number of aromatic nitrogens is 1. The number of hydrogen-bond acceptors (Lipinski definition) is 4. The average Bonchev–Trinajstić information content (AvgIpc) is 2.48. The van der Waals surface area contributed by atoms with Gasteiger partial charge in [-0.05, 0) is 18.2 Å². The van der Waals surface area contributed by atoms with Gasteiger partial charge in [-0.1, -0.05) is 18.2 Å². The lowest BCUT2D eigenvalue weighted by Gasteiger charge is -2.20. The molecular formula is C15H16N2O3. The molecule has 0 aliphatic heterocycles. The Labute approximate surface area is 117 Å². The van der Waals surface area contributed by atoms with Crippen molar-refractivity contribution in [2.45, 2.75) is 6.54 Å². The highest BCUT2D eigenvalue weighted by Gasteiger charge is 2.09. The Bertz CT molecular complexity index is 596. The van der Waals surface area contributed by atoms with E-state index < -0.39 is 5.97 Å². The maximum atomic E-state index is 10.8. The zero-order chi connectivity index (χ0) is 14.5. The Balaban J connectivity index is 2.15. The van der Waals surface area contributed by atoms with Crippen molar-refractivity contribution in [3.8, 4) is 5.75 Å². The van der Waals surface area contributed by atoms with Crippen LogP contribution in [-0.2, 0) is 6.54 Å². The van der Waals surface area contributed by atoms with E-state index in [0.29, 0.717) is 6.54 Å². The SMILES string of the molecule is COc1ccccc1CN(C)c1ccc(C(=O)O)nc1. The van der Waals surface area contributed by atoms with Crippen LogP contribution in [0.15, 0.2) is 42.6 Å². The van der Waals surface area contributed by atoms with Crippen molar-refractivity contribution >= 4 is 11.7 Å². The Kier molecular flexibility index (Phi) is 4.20. The number of benzene rings is 1. The summed E-state index contributed by atoms with van der Waals surface area (Å²) in [5, 5.41) is 8.83. The van der Waals surface area contributed by atoms with Gasteiger partial charge in [-0.2, -0.15) is 0 Å². The van der Waals surface area contributed by atoms with Gasteiger partial charge in [-0.15, -0.1) is 0 Å². The van der Waals surface area contributed by atoms with Crippen molar-refractivity contribution in [3.63, 3.8) is 0 Å². The molecule has 1 heterocycles. The van der Waals surface area contributed by atoms with Crippen LogP contribution in [0.5, 0.6) is 5.75 Å². The molecule has 0 saturated heterocycles. The first-order chi connectivity index (χ1) is 9.61. The largest absolute Gasteiger partial charge is 0.496 e. The molecule has 0 aliphatic carbocycles. The molecule has 0 fully saturated rings. The van der Waals surface area contributed by atoms with Gasteiger partial charge in [0.2, 0.25) is 0 Å². The monoisotopic (exact) mass is 272 g/mol. The summed E-state index contributed by atoms with van der Waals surface area (Å²) < 4.78 is 5.31. The molecule has 0 amide bonds. The summed E-state index contributed by atoms with van der Waals surface area (Å²) in [5.74, 6) is -0.196. The van der Waals surface area contributed by atoms with Crippen LogP contribution in [-0.4, -0.2) is 30.2 Å². The fourth-order valence-corrected chi connectivity index (χ4v) is 1.92. The number of nitrogens with zero attached hydrogens (tertiary/aromatic N) is 2. The fraction of sp³-hybridized carbons (Fsp3) is 0.200. The van der Waals surface area contributed by atoms with Crippen LogP contribution in [0.4, 0.5) is 5.69 Å². The standard InChI is InChI=1S/C15H16N2O3/c1-17(10-11-5-3-4-6-14(11)20-2)12-7-8-13(15(18)19)16-9-12/h3-9H,10H2,1-2H3,(H,18,19). The molecule has 20 heavy (non-hydrogen) atoms.